The highest BCUT2D eigenvalue weighted by atomic mass is 16.5. The van der Waals surface area contributed by atoms with Gasteiger partial charge in [0.15, 0.2) is 0 Å². The van der Waals surface area contributed by atoms with E-state index < -0.39 is 0 Å². The van der Waals surface area contributed by atoms with Crippen molar-refractivity contribution in [2.45, 2.75) is 13.0 Å². The van der Waals surface area contributed by atoms with Gasteiger partial charge in [-0.15, -0.1) is 0 Å². The van der Waals surface area contributed by atoms with Gasteiger partial charge in [-0.1, -0.05) is 48.5 Å². The van der Waals surface area contributed by atoms with Crippen molar-refractivity contribution in [3.05, 3.63) is 90.0 Å². The molecule has 0 radical (unpaired) electrons. The summed E-state index contributed by atoms with van der Waals surface area (Å²) < 4.78 is 7.57. The molecule has 1 amide bonds. The number of morpholine rings is 1. The quantitative estimate of drug-likeness (QED) is 0.474. The SMILES string of the molecule is O=C(c1cc(NCCc2nccn2Cc2ccccc2)nc2ccccc12)N1CCOCC1. The van der Waals surface area contributed by atoms with Crippen LogP contribution in [0.25, 0.3) is 10.9 Å². The van der Waals surface area contributed by atoms with E-state index in [2.05, 4.69) is 39.1 Å². The van der Waals surface area contributed by atoms with Crippen LogP contribution in [-0.2, 0) is 17.7 Å². The zero-order valence-corrected chi connectivity index (χ0v) is 18.5. The number of para-hydroxylation sites is 1. The summed E-state index contributed by atoms with van der Waals surface area (Å²) in [6.45, 7) is 3.85. The lowest BCUT2D eigenvalue weighted by Gasteiger charge is -2.27. The third-order valence-corrected chi connectivity index (χ3v) is 5.90. The Morgan fingerprint density at radius 3 is 2.67 bits per heavy atom. The maximum Gasteiger partial charge on any atom is 0.254 e. The van der Waals surface area contributed by atoms with Crippen molar-refractivity contribution in [2.75, 3.05) is 38.2 Å². The topological polar surface area (TPSA) is 72.3 Å². The first-order valence-corrected chi connectivity index (χ1v) is 11.3. The number of aromatic nitrogens is 3. The number of hydrogen-bond acceptors (Lipinski definition) is 5. The summed E-state index contributed by atoms with van der Waals surface area (Å²) in [5.41, 5.74) is 2.73. The molecule has 0 bridgehead atoms. The van der Waals surface area contributed by atoms with Crippen molar-refractivity contribution in [2.24, 2.45) is 0 Å². The number of hydrogen-bond donors (Lipinski definition) is 1. The number of carbonyl (C=O) groups excluding carboxylic acids is 1. The smallest absolute Gasteiger partial charge is 0.254 e. The fourth-order valence-corrected chi connectivity index (χ4v) is 4.17. The second-order valence-electron chi connectivity index (χ2n) is 8.11. The van der Waals surface area contributed by atoms with Gasteiger partial charge < -0.3 is 19.5 Å². The normalized spacial score (nSPS) is 13.9. The molecule has 7 nitrogen and oxygen atoms in total. The van der Waals surface area contributed by atoms with Gasteiger partial charge in [-0.3, -0.25) is 4.79 Å². The Morgan fingerprint density at radius 1 is 1.03 bits per heavy atom. The second kappa shape index (κ2) is 9.83. The highest BCUT2D eigenvalue weighted by Crippen LogP contribution is 2.23. The number of nitrogens with zero attached hydrogens (tertiary/aromatic N) is 4. The van der Waals surface area contributed by atoms with E-state index in [9.17, 15) is 4.79 Å². The minimum absolute atomic E-state index is 0.0263. The Morgan fingerprint density at radius 2 is 1.82 bits per heavy atom. The number of rotatable bonds is 7. The number of ether oxygens (including phenoxy) is 1. The molecule has 168 valence electrons. The molecule has 2 aromatic heterocycles. The van der Waals surface area contributed by atoms with Gasteiger partial charge in [0.05, 0.1) is 24.3 Å². The Balaban J connectivity index is 1.31. The van der Waals surface area contributed by atoms with Crippen molar-refractivity contribution in [3.8, 4) is 0 Å². The molecule has 1 N–H and O–H groups in total. The van der Waals surface area contributed by atoms with Crippen molar-refractivity contribution >= 4 is 22.6 Å². The first-order chi connectivity index (χ1) is 16.3. The first kappa shape index (κ1) is 21.2. The monoisotopic (exact) mass is 441 g/mol. The van der Waals surface area contributed by atoms with Crippen LogP contribution in [0.15, 0.2) is 73.1 Å². The molecule has 2 aromatic carbocycles. The summed E-state index contributed by atoms with van der Waals surface area (Å²) in [6, 6.07) is 20.0. The Hall–Kier alpha value is -3.71. The fourth-order valence-electron chi connectivity index (χ4n) is 4.17. The van der Waals surface area contributed by atoms with E-state index >= 15 is 0 Å². The van der Waals surface area contributed by atoms with Crippen LogP contribution in [0.3, 0.4) is 0 Å². The van der Waals surface area contributed by atoms with Crippen LogP contribution >= 0.6 is 0 Å². The number of anilines is 1. The molecular formula is C26H27N5O2. The van der Waals surface area contributed by atoms with Crippen LogP contribution in [0, 0.1) is 0 Å². The molecule has 3 heterocycles. The largest absolute Gasteiger partial charge is 0.378 e. The van der Waals surface area contributed by atoms with Crippen molar-refractivity contribution in [1.29, 1.82) is 0 Å². The van der Waals surface area contributed by atoms with Crippen LogP contribution in [0.1, 0.15) is 21.7 Å². The Bertz CT molecular complexity index is 1230. The molecule has 0 saturated carbocycles. The molecule has 33 heavy (non-hydrogen) atoms. The van der Waals surface area contributed by atoms with Crippen LogP contribution in [-0.4, -0.2) is 58.2 Å². The molecule has 0 spiro atoms. The van der Waals surface area contributed by atoms with E-state index in [-0.39, 0.29) is 5.91 Å². The number of nitrogens with one attached hydrogen (secondary N) is 1. The predicted octanol–water partition coefficient (Wildman–Crippen LogP) is 3.61. The zero-order chi connectivity index (χ0) is 22.5. The van der Waals surface area contributed by atoms with E-state index in [1.54, 1.807) is 0 Å². The summed E-state index contributed by atoms with van der Waals surface area (Å²) in [6.07, 6.45) is 4.60. The number of fused-ring (bicyclic) bond motifs is 1. The van der Waals surface area contributed by atoms with E-state index in [0.29, 0.717) is 44.2 Å². The number of imidazole rings is 1. The number of amides is 1. The van der Waals surface area contributed by atoms with Crippen molar-refractivity contribution < 1.29 is 9.53 Å². The maximum absolute atomic E-state index is 13.2. The third-order valence-electron chi connectivity index (χ3n) is 5.90. The summed E-state index contributed by atoms with van der Waals surface area (Å²) >= 11 is 0. The molecule has 1 saturated heterocycles. The zero-order valence-electron chi connectivity index (χ0n) is 18.5. The van der Waals surface area contributed by atoms with Gasteiger partial charge in [-0.2, -0.15) is 0 Å². The molecule has 1 aliphatic rings. The Kier molecular flexibility index (Phi) is 6.30. The molecular weight excluding hydrogens is 414 g/mol. The standard InChI is InChI=1S/C26H27N5O2/c32-26(30-14-16-33-17-15-30)22-18-24(29-23-9-5-4-8-21(22)23)27-11-10-25-28-12-13-31(25)19-20-6-2-1-3-7-20/h1-9,12-13,18H,10-11,14-17,19H2,(H,27,29). The van der Waals surface area contributed by atoms with Gasteiger partial charge in [-0.25, -0.2) is 9.97 Å². The minimum Gasteiger partial charge on any atom is -0.378 e. The lowest BCUT2D eigenvalue weighted by Crippen LogP contribution is -2.40. The van der Waals surface area contributed by atoms with Crippen LogP contribution < -0.4 is 5.32 Å². The van der Waals surface area contributed by atoms with Crippen LogP contribution in [0.2, 0.25) is 0 Å². The summed E-state index contributed by atoms with van der Waals surface area (Å²) in [5, 5.41) is 4.28. The Labute approximate surface area is 193 Å². The molecule has 0 unspecified atom stereocenters. The fraction of sp³-hybridized carbons (Fsp3) is 0.269. The van der Waals surface area contributed by atoms with Gasteiger partial charge in [0.1, 0.15) is 11.6 Å². The summed E-state index contributed by atoms with van der Waals surface area (Å²) in [5.74, 6) is 1.74. The average Bonchev–Trinajstić information content (AvgIpc) is 3.31. The molecule has 7 heteroatoms. The van der Waals surface area contributed by atoms with Gasteiger partial charge in [0.2, 0.25) is 0 Å². The molecule has 4 aromatic rings. The van der Waals surface area contributed by atoms with Crippen LogP contribution in [0.4, 0.5) is 5.82 Å². The van der Waals surface area contributed by atoms with E-state index in [1.165, 1.54) is 5.56 Å². The summed E-state index contributed by atoms with van der Waals surface area (Å²) in [7, 11) is 0. The molecule has 1 aliphatic heterocycles. The molecule has 0 aliphatic carbocycles. The van der Waals surface area contributed by atoms with Crippen molar-refractivity contribution in [1.82, 2.24) is 19.4 Å². The molecule has 5 rings (SSSR count). The van der Waals surface area contributed by atoms with Gasteiger partial charge in [0.25, 0.3) is 5.91 Å². The lowest BCUT2D eigenvalue weighted by molar-refractivity contribution is 0.0304. The lowest BCUT2D eigenvalue weighted by atomic mass is 10.1. The highest BCUT2D eigenvalue weighted by Gasteiger charge is 2.21. The first-order valence-electron chi connectivity index (χ1n) is 11.3. The van der Waals surface area contributed by atoms with Gasteiger partial charge in [0, 0.05) is 50.4 Å². The molecule has 0 atom stereocenters. The highest BCUT2D eigenvalue weighted by molar-refractivity contribution is 6.07. The van der Waals surface area contributed by atoms with Crippen molar-refractivity contribution in [3.63, 3.8) is 0 Å². The van der Waals surface area contributed by atoms with Crippen LogP contribution in [0.5, 0.6) is 0 Å². The maximum atomic E-state index is 13.2. The van der Waals surface area contributed by atoms with Gasteiger partial charge >= 0.3 is 0 Å². The van der Waals surface area contributed by atoms with Gasteiger partial charge in [-0.05, 0) is 17.7 Å². The van der Waals surface area contributed by atoms with E-state index in [4.69, 9.17) is 9.72 Å². The molecule has 1 fully saturated rings. The summed E-state index contributed by atoms with van der Waals surface area (Å²) in [4.78, 5) is 24.4. The average molecular weight is 442 g/mol. The van der Waals surface area contributed by atoms with E-state index in [0.717, 1.165) is 29.7 Å². The second-order valence-corrected chi connectivity index (χ2v) is 8.11. The number of carbonyl (C=O) groups is 1. The number of benzene rings is 2. The number of pyridine rings is 1. The predicted molar refractivity (Wildman–Crippen MR) is 128 cm³/mol. The van der Waals surface area contributed by atoms with E-state index in [1.807, 2.05) is 53.7 Å². The third kappa shape index (κ3) is 4.88. The minimum atomic E-state index is 0.0263.